The van der Waals surface area contributed by atoms with Crippen LogP contribution in [0.25, 0.3) is 0 Å². The molecule has 94 valence electrons. The number of rotatable bonds is 5. The summed E-state index contributed by atoms with van der Waals surface area (Å²) in [5.74, 6) is 0.852. The Morgan fingerprint density at radius 2 is 2.18 bits per heavy atom. The number of nitrogens with zero attached hydrogens (tertiary/aromatic N) is 1. The van der Waals surface area contributed by atoms with E-state index in [0.29, 0.717) is 0 Å². The van der Waals surface area contributed by atoms with Crippen molar-refractivity contribution in [2.75, 3.05) is 18.0 Å². The lowest BCUT2D eigenvalue weighted by molar-refractivity contribution is 0.281. The zero-order valence-electron chi connectivity index (χ0n) is 10.3. The minimum absolute atomic E-state index is 0.107. The summed E-state index contributed by atoms with van der Waals surface area (Å²) in [5, 5.41) is 9.45. The van der Waals surface area contributed by atoms with Crippen molar-refractivity contribution >= 4 is 21.6 Å². The zero-order valence-corrected chi connectivity index (χ0v) is 11.9. The van der Waals surface area contributed by atoms with Crippen LogP contribution in [-0.4, -0.2) is 18.2 Å². The van der Waals surface area contributed by atoms with E-state index >= 15 is 0 Å². The summed E-state index contributed by atoms with van der Waals surface area (Å²) >= 11 is 3.45. The molecule has 0 saturated heterocycles. The van der Waals surface area contributed by atoms with Crippen molar-refractivity contribution < 1.29 is 5.11 Å². The van der Waals surface area contributed by atoms with Gasteiger partial charge in [0.2, 0.25) is 0 Å². The quantitative estimate of drug-likeness (QED) is 0.898. The predicted octanol–water partition coefficient (Wildman–Crippen LogP) is 3.57. The molecule has 0 aliphatic heterocycles. The summed E-state index contributed by atoms with van der Waals surface area (Å²) in [7, 11) is 0. The van der Waals surface area contributed by atoms with E-state index in [2.05, 4.69) is 39.9 Å². The lowest BCUT2D eigenvalue weighted by atomic mass is 9.85. The normalized spacial score (nSPS) is 15.7. The molecule has 0 unspecified atom stereocenters. The molecule has 1 N–H and O–H groups in total. The third-order valence-corrected chi connectivity index (χ3v) is 4.13. The molecule has 1 saturated carbocycles. The molecule has 3 heteroatoms. The van der Waals surface area contributed by atoms with Crippen molar-refractivity contribution in [2.45, 2.75) is 32.8 Å². The molecule has 1 aliphatic rings. The summed E-state index contributed by atoms with van der Waals surface area (Å²) in [6, 6.07) is 6.18. The summed E-state index contributed by atoms with van der Waals surface area (Å²) in [6.45, 7) is 4.42. The Labute approximate surface area is 112 Å². The number of halogens is 1. The van der Waals surface area contributed by atoms with Crippen LogP contribution < -0.4 is 4.90 Å². The number of aliphatic hydroxyl groups is 1. The summed E-state index contributed by atoms with van der Waals surface area (Å²) < 4.78 is 1.03. The monoisotopic (exact) mass is 297 g/mol. The average molecular weight is 298 g/mol. The summed E-state index contributed by atoms with van der Waals surface area (Å²) in [5.41, 5.74) is 2.20. The van der Waals surface area contributed by atoms with Gasteiger partial charge in [0.15, 0.2) is 0 Å². The first kappa shape index (κ1) is 12.9. The zero-order chi connectivity index (χ0) is 12.3. The van der Waals surface area contributed by atoms with E-state index in [1.54, 1.807) is 0 Å². The van der Waals surface area contributed by atoms with E-state index in [0.717, 1.165) is 29.0 Å². The first-order valence-corrected chi connectivity index (χ1v) is 7.18. The number of hydrogen-bond donors (Lipinski definition) is 1. The minimum atomic E-state index is 0.107. The maximum absolute atomic E-state index is 9.45. The molecule has 0 bridgehead atoms. The van der Waals surface area contributed by atoms with Crippen LogP contribution in [0.1, 0.15) is 31.7 Å². The molecule has 0 heterocycles. The van der Waals surface area contributed by atoms with Crippen molar-refractivity contribution in [1.82, 2.24) is 0 Å². The molecule has 1 fully saturated rings. The Bertz CT molecular complexity index is 376. The Morgan fingerprint density at radius 1 is 1.41 bits per heavy atom. The minimum Gasteiger partial charge on any atom is -0.392 e. The highest BCUT2D eigenvalue weighted by Gasteiger charge is 2.21. The third-order valence-electron chi connectivity index (χ3n) is 3.64. The lowest BCUT2D eigenvalue weighted by Gasteiger charge is -2.34. The highest BCUT2D eigenvalue weighted by molar-refractivity contribution is 9.10. The van der Waals surface area contributed by atoms with Crippen molar-refractivity contribution in [2.24, 2.45) is 5.92 Å². The van der Waals surface area contributed by atoms with E-state index in [1.165, 1.54) is 24.9 Å². The molecule has 0 amide bonds. The third kappa shape index (κ3) is 3.02. The van der Waals surface area contributed by atoms with Crippen LogP contribution >= 0.6 is 15.9 Å². The van der Waals surface area contributed by atoms with Crippen LogP contribution in [0.2, 0.25) is 0 Å². The molecule has 0 radical (unpaired) electrons. The first-order valence-electron chi connectivity index (χ1n) is 6.38. The smallest absolute Gasteiger partial charge is 0.0702 e. The fourth-order valence-electron chi connectivity index (χ4n) is 2.37. The van der Waals surface area contributed by atoms with Crippen LogP contribution in [-0.2, 0) is 6.61 Å². The molecule has 2 nitrogen and oxygen atoms in total. The molecule has 0 atom stereocenters. The van der Waals surface area contributed by atoms with Crippen molar-refractivity contribution in [3.63, 3.8) is 0 Å². The van der Waals surface area contributed by atoms with Crippen LogP contribution in [0.3, 0.4) is 0 Å². The van der Waals surface area contributed by atoms with Gasteiger partial charge in [-0.15, -0.1) is 0 Å². The summed E-state index contributed by atoms with van der Waals surface area (Å²) in [4.78, 5) is 2.39. The maximum Gasteiger partial charge on any atom is 0.0702 e. The lowest BCUT2D eigenvalue weighted by Crippen LogP contribution is -2.33. The highest BCUT2D eigenvalue weighted by atomic mass is 79.9. The number of benzene rings is 1. The van der Waals surface area contributed by atoms with Crippen molar-refractivity contribution in [1.29, 1.82) is 0 Å². The van der Waals surface area contributed by atoms with Gasteiger partial charge in [-0.2, -0.15) is 0 Å². The molecule has 0 aromatic heterocycles. The van der Waals surface area contributed by atoms with E-state index in [-0.39, 0.29) is 6.61 Å². The van der Waals surface area contributed by atoms with Gasteiger partial charge in [0, 0.05) is 28.8 Å². The molecular formula is C14H20BrNO. The number of hydrogen-bond acceptors (Lipinski definition) is 2. The summed E-state index contributed by atoms with van der Waals surface area (Å²) in [6.07, 6.45) is 4.11. The molecule has 17 heavy (non-hydrogen) atoms. The van der Waals surface area contributed by atoms with Gasteiger partial charge in [0.1, 0.15) is 0 Å². The Morgan fingerprint density at radius 3 is 2.71 bits per heavy atom. The second kappa shape index (κ2) is 5.87. The topological polar surface area (TPSA) is 23.5 Å². The second-order valence-electron chi connectivity index (χ2n) is 4.77. The van der Waals surface area contributed by atoms with Gasteiger partial charge in [-0.25, -0.2) is 0 Å². The molecular weight excluding hydrogens is 278 g/mol. The van der Waals surface area contributed by atoms with E-state index in [4.69, 9.17) is 0 Å². The van der Waals surface area contributed by atoms with E-state index in [1.807, 2.05) is 6.07 Å². The molecule has 0 spiro atoms. The van der Waals surface area contributed by atoms with Crippen molar-refractivity contribution in [3.8, 4) is 0 Å². The van der Waals surface area contributed by atoms with Gasteiger partial charge in [-0.05, 0) is 43.9 Å². The number of anilines is 1. The van der Waals surface area contributed by atoms with E-state index in [9.17, 15) is 5.11 Å². The van der Waals surface area contributed by atoms with Gasteiger partial charge < -0.3 is 10.0 Å². The highest BCUT2D eigenvalue weighted by Crippen LogP contribution is 2.31. The fourth-order valence-corrected chi connectivity index (χ4v) is 2.78. The average Bonchev–Trinajstić information content (AvgIpc) is 2.29. The maximum atomic E-state index is 9.45. The van der Waals surface area contributed by atoms with Gasteiger partial charge >= 0.3 is 0 Å². The van der Waals surface area contributed by atoms with Crippen LogP contribution in [0, 0.1) is 5.92 Å². The van der Waals surface area contributed by atoms with Crippen LogP contribution in [0.4, 0.5) is 5.69 Å². The van der Waals surface area contributed by atoms with Gasteiger partial charge in [0.05, 0.1) is 6.61 Å². The largest absolute Gasteiger partial charge is 0.392 e. The van der Waals surface area contributed by atoms with Gasteiger partial charge in [-0.3, -0.25) is 0 Å². The molecule has 1 aliphatic carbocycles. The Balaban J connectivity index is 2.16. The Hall–Kier alpha value is -0.540. The number of aliphatic hydroxyl groups excluding tert-OH is 1. The van der Waals surface area contributed by atoms with Gasteiger partial charge in [-0.1, -0.05) is 22.4 Å². The fraction of sp³-hybridized carbons (Fsp3) is 0.571. The predicted molar refractivity (Wildman–Crippen MR) is 75.3 cm³/mol. The first-order chi connectivity index (χ1) is 8.24. The molecule has 1 aromatic rings. The van der Waals surface area contributed by atoms with Gasteiger partial charge in [0.25, 0.3) is 0 Å². The van der Waals surface area contributed by atoms with Crippen LogP contribution in [0.5, 0.6) is 0 Å². The van der Waals surface area contributed by atoms with E-state index < -0.39 is 0 Å². The SMILES string of the molecule is CCN(CC1CCC1)c1ccc(Br)cc1CO. The van der Waals surface area contributed by atoms with Crippen LogP contribution in [0.15, 0.2) is 22.7 Å². The Kier molecular flexibility index (Phi) is 4.46. The second-order valence-corrected chi connectivity index (χ2v) is 5.68. The molecule has 2 rings (SSSR count). The van der Waals surface area contributed by atoms with Crippen molar-refractivity contribution in [3.05, 3.63) is 28.2 Å². The molecule has 1 aromatic carbocycles. The standard InChI is InChI=1S/C14H20BrNO/c1-2-16(9-11-4-3-5-11)14-7-6-13(15)8-12(14)10-17/h6-8,11,17H,2-5,9-10H2,1H3.